The lowest BCUT2D eigenvalue weighted by atomic mass is 10.1. The van der Waals surface area contributed by atoms with E-state index in [1.165, 1.54) is 0 Å². The van der Waals surface area contributed by atoms with E-state index in [2.05, 4.69) is 33.6 Å². The van der Waals surface area contributed by atoms with E-state index in [0.717, 1.165) is 54.2 Å². The van der Waals surface area contributed by atoms with Gasteiger partial charge in [-0.1, -0.05) is 18.2 Å². The van der Waals surface area contributed by atoms with Gasteiger partial charge in [0.15, 0.2) is 11.6 Å². The number of hydrogen-bond acceptors (Lipinski definition) is 5. The minimum atomic E-state index is 0.143. The van der Waals surface area contributed by atoms with E-state index >= 15 is 0 Å². The second-order valence-electron chi connectivity index (χ2n) is 7.68. The number of fused-ring (bicyclic) bond motifs is 2. The maximum atomic E-state index is 9.19. The first-order valence-electron chi connectivity index (χ1n) is 9.72. The summed E-state index contributed by atoms with van der Waals surface area (Å²) in [4.78, 5) is 7.14. The zero-order valence-corrected chi connectivity index (χ0v) is 15.5. The predicted octanol–water partition coefficient (Wildman–Crippen LogP) is 3.00. The highest BCUT2D eigenvalue weighted by atomic mass is 16.5. The van der Waals surface area contributed by atoms with Crippen molar-refractivity contribution in [3.8, 4) is 11.6 Å². The Bertz CT molecular complexity index is 947. The highest BCUT2D eigenvalue weighted by Crippen LogP contribution is 2.37. The first-order chi connectivity index (χ1) is 13.2. The summed E-state index contributed by atoms with van der Waals surface area (Å²) in [5.74, 6) is 1.77. The second kappa shape index (κ2) is 6.78. The predicted molar refractivity (Wildman–Crippen MR) is 103 cm³/mol. The summed E-state index contributed by atoms with van der Waals surface area (Å²) in [5, 5.41) is 10.3. The Morgan fingerprint density at radius 3 is 2.96 bits per heavy atom. The largest absolute Gasteiger partial charge is 0.453 e. The van der Waals surface area contributed by atoms with E-state index in [1.807, 2.05) is 24.4 Å². The first kappa shape index (κ1) is 17.0. The van der Waals surface area contributed by atoms with Gasteiger partial charge >= 0.3 is 0 Å². The van der Waals surface area contributed by atoms with E-state index < -0.39 is 0 Å². The number of ether oxygens (including phenoxy) is 1. The Morgan fingerprint density at radius 1 is 1.22 bits per heavy atom. The Morgan fingerprint density at radius 2 is 2.11 bits per heavy atom. The van der Waals surface area contributed by atoms with Crippen LogP contribution < -0.4 is 0 Å². The number of aliphatic hydroxyl groups excluding tert-OH is 1. The second-order valence-corrected chi connectivity index (χ2v) is 7.68. The lowest BCUT2D eigenvalue weighted by molar-refractivity contribution is -0.0567. The number of furan rings is 1. The Kier molecular flexibility index (Phi) is 4.27. The van der Waals surface area contributed by atoms with Gasteiger partial charge in [-0.15, -0.1) is 0 Å². The van der Waals surface area contributed by atoms with Crippen LogP contribution in [-0.2, 0) is 4.74 Å². The van der Waals surface area contributed by atoms with Crippen molar-refractivity contribution < 1.29 is 14.3 Å². The highest BCUT2D eigenvalue weighted by molar-refractivity contribution is 5.86. The third kappa shape index (κ3) is 2.88. The van der Waals surface area contributed by atoms with E-state index in [0.29, 0.717) is 18.5 Å². The van der Waals surface area contributed by atoms with Crippen LogP contribution >= 0.6 is 0 Å². The maximum absolute atomic E-state index is 9.19. The molecule has 0 spiro atoms. The lowest BCUT2D eigenvalue weighted by Gasteiger charge is -2.34. The topological polar surface area (TPSA) is 63.7 Å². The Balaban J connectivity index is 1.43. The summed E-state index contributed by atoms with van der Waals surface area (Å²) in [6.07, 6.45) is 5.84. The molecule has 0 bridgehead atoms. The molecule has 3 atom stereocenters. The maximum Gasteiger partial charge on any atom is 0.176 e. The fourth-order valence-electron chi connectivity index (χ4n) is 4.61. The number of aromatic nitrogens is 2. The lowest BCUT2D eigenvalue weighted by Crippen LogP contribution is -2.46. The Hall–Kier alpha value is -2.15. The number of para-hydroxylation sites is 1. The summed E-state index contributed by atoms with van der Waals surface area (Å²) in [6.45, 7) is 4.91. The van der Waals surface area contributed by atoms with Gasteiger partial charge in [-0.2, -0.15) is 0 Å². The van der Waals surface area contributed by atoms with E-state index in [-0.39, 0.29) is 12.7 Å². The van der Waals surface area contributed by atoms with Crippen LogP contribution in [0.2, 0.25) is 0 Å². The molecule has 2 aromatic heterocycles. The highest BCUT2D eigenvalue weighted by Gasteiger charge is 2.38. The van der Waals surface area contributed by atoms with Gasteiger partial charge in [0.25, 0.3) is 0 Å². The van der Waals surface area contributed by atoms with Crippen LogP contribution in [0.15, 0.2) is 41.1 Å². The number of imidazole rings is 1. The SMILES string of the molecule is Cc1c(-c2nccn2[C@H]2C[C@H]3CO[C@@H](CCO)CN3C2)oc2ccccc12. The molecule has 6 heteroatoms. The number of hydrogen-bond donors (Lipinski definition) is 1. The van der Waals surface area contributed by atoms with Crippen molar-refractivity contribution in [3.63, 3.8) is 0 Å². The van der Waals surface area contributed by atoms with Gasteiger partial charge in [-0.05, 0) is 25.8 Å². The molecule has 2 aliphatic rings. The van der Waals surface area contributed by atoms with Gasteiger partial charge in [0, 0.05) is 55.1 Å². The van der Waals surface area contributed by atoms with Crippen LogP contribution in [-0.4, -0.2) is 58.0 Å². The summed E-state index contributed by atoms with van der Waals surface area (Å²) in [6, 6.07) is 8.94. The molecule has 0 amide bonds. The van der Waals surface area contributed by atoms with E-state index in [1.54, 1.807) is 0 Å². The molecule has 27 heavy (non-hydrogen) atoms. The van der Waals surface area contributed by atoms with Crippen molar-refractivity contribution in [2.45, 2.75) is 38.0 Å². The minimum absolute atomic E-state index is 0.143. The molecule has 5 rings (SSSR count). The molecule has 2 saturated heterocycles. The fraction of sp³-hybridized carbons (Fsp3) is 0.476. The van der Waals surface area contributed by atoms with E-state index in [4.69, 9.17) is 9.15 Å². The third-order valence-corrected chi connectivity index (χ3v) is 6.03. The van der Waals surface area contributed by atoms with Gasteiger partial charge in [-0.25, -0.2) is 4.98 Å². The average Bonchev–Trinajstić information content (AvgIpc) is 3.38. The third-order valence-electron chi connectivity index (χ3n) is 6.03. The number of benzene rings is 1. The van der Waals surface area contributed by atoms with Crippen LogP contribution in [0, 0.1) is 6.92 Å². The number of rotatable bonds is 4. The molecule has 4 heterocycles. The number of nitrogens with zero attached hydrogens (tertiary/aromatic N) is 3. The van der Waals surface area contributed by atoms with Crippen molar-refractivity contribution in [1.29, 1.82) is 0 Å². The summed E-state index contributed by atoms with van der Waals surface area (Å²) in [5.41, 5.74) is 2.05. The van der Waals surface area contributed by atoms with Crippen molar-refractivity contribution >= 4 is 11.0 Å². The van der Waals surface area contributed by atoms with Gasteiger partial charge in [0.2, 0.25) is 0 Å². The van der Waals surface area contributed by atoms with Crippen molar-refractivity contribution in [2.24, 2.45) is 0 Å². The number of aryl methyl sites for hydroxylation is 1. The molecule has 2 fully saturated rings. The zero-order chi connectivity index (χ0) is 18.4. The molecule has 3 aromatic rings. The van der Waals surface area contributed by atoms with Crippen LogP contribution in [0.5, 0.6) is 0 Å². The van der Waals surface area contributed by atoms with Gasteiger partial charge in [0.05, 0.1) is 12.7 Å². The molecular weight excluding hydrogens is 342 g/mol. The smallest absolute Gasteiger partial charge is 0.176 e. The summed E-state index contributed by atoms with van der Waals surface area (Å²) in [7, 11) is 0. The van der Waals surface area contributed by atoms with Gasteiger partial charge < -0.3 is 18.8 Å². The normalized spacial score (nSPS) is 25.9. The summed E-state index contributed by atoms with van der Waals surface area (Å²) < 4.78 is 14.4. The van der Waals surface area contributed by atoms with Gasteiger partial charge in [0.1, 0.15) is 5.58 Å². The molecule has 0 unspecified atom stereocenters. The number of morpholine rings is 1. The molecule has 1 aromatic carbocycles. The molecule has 0 aliphatic carbocycles. The summed E-state index contributed by atoms with van der Waals surface area (Å²) >= 11 is 0. The zero-order valence-electron chi connectivity index (χ0n) is 15.5. The van der Waals surface area contributed by atoms with E-state index in [9.17, 15) is 5.11 Å². The number of aliphatic hydroxyl groups is 1. The van der Waals surface area contributed by atoms with Crippen molar-refractivity contribution in [2.75, 3.05) is 26.3 Å². The quantitative estimate of drug-likeness (QED) is 0.768. The van der Waals surface area contributed by atoms with Crippen LogP contribution in [0.25, 0.3) is 22.6 Å². The average molecular weight is 367 g/mol. The van der Waals surface area contributed by atoms with Gasteiger partial charge in [-0.3, -0.25) is 4.90 Å². The van der Waals surface area contributed by atoms with Crippen molar-refractivity contribution in [1.82, 2.24) is 14.5 Å². The molecule has 0 saturated carbocycles. The first-order valence-corrected chi connectivity index (χ1v) is 9.72. The minimum Gasteiger partial charge on any atom is -0.453 e. The van der Waals surface area contributed by atoms with Crippen LogP contribution in [0.4, 0.5) is 0 Å². The molecule has 1 N–H and O–H groups in total. The standard InChI is InChI=1S/C21H25N3O3/c1-14-18-4-2-3-5-19(18)27-20(14)21-22-7-8-24(21)15-10-16-13-26-17(6-9-25)12-23(16)11-15/h2-5,7-8,15-17,25H,6,9-13H2,1H3/t15-,16-,17-/m0/s1. The Labute approximate surface area is 158 Å². The monoisotopic (exact) mass is 367 g/mol. The fourth-order valence-corrected chi connectivity index (χ4v) is 4.61. The molecule has 2 aliphatic heterocycles. The molecule has 0 radical (unpaired) electrons. The van der Waals surface area contributed by atoms with Crippen LogP contribution in [0.1, 0.15) is 24.4 Å². The molecular formula is C21H25N3O3. The molecule has 142 valence electrons. The van der Waals surface area contributed by atoms with Crippen LogP contribution in [0.3, 0.4) is 0 Å². The van der Waals surface area contributed by atoms with Crippen molar-refractivity contribution in [3.05, 3.63) is 42.2 Å². The molecule has 6 nitrogen and oxygen atoms in total.